The number of fused-ring (bicyclic) bond motifs is 2. The van der Waals surface area contributed by atoms with Crippen LogP contribution in [0.25, 0.3) is 32.6 Å². The van der Waals surface area contributed by atoms with Crippen molar-refractivity contribution in [3.05, 3.63) is 66.0 Å². The SMILES string of the molecule is c1ccc2cc(-c3csc(-c4ccc5c(c4)NCCO5)n3)ccc2c1. The summed E-state index contributed by atoms with van der Waals surface area (Å²) in [5, 5.41) is 9.03. The third kappa shape index (κ3) is 2.65. The second-order valence-corrected chi connectivity index (χ2v) is 6.94. The Morgan fingerprint density at radius 1 is 0.920 bits per heavy atom. The molecule has 1 N–H and O–H groups in total. The quantitative estimate of drug-likeness (QED) is 0.526. The number of nitrogens with one attached hydrogen (secondary N) is 1. The first-order chi connectivity index (χ1) is 12.4. The smallest absolute Gasteiger partial charge is 0.142 e. The highest BCUT2D eigenvalue weighted by Crippen LogP contribution is 2.35. The van der Waals surface area contributed by atoms with Crippen LogP contribution in [-0.2, 0) is 0 Å². The van der Waals surface area contributed by atoms with Crippen LogP contribution in [0.5, 0.6) is 5.75 Å². The summed E-state index contributed by atoms with van der Waals surface area (Å²) < 4.78 is 5.65. The van der Waals surface area contributed by atoms with Crippen molar-refractivity contribution in [2.24, 2.45) is 0 Å². The zero-order valence-electron chi connectivity index (χ0n) is 13.5. The van der Waals surface area contributed by atoms with Gasteiger partial charge in [0.15, 0.2) is 0 Å². The zero-order valence-corrected chi connectivity index (χ0v) is 14.3. The molecule has 122 valence electrons. The molecule has 1 aliphatic rings. The molecule has 0 saturated carbocycles. The lowest BCUT2D eigenvalue weighted by Gasteiger charge is -2.19. The number of anilines is 1. The largest absolute Gasteiger partial charge is 0.490 e. The Hall–Kier alpha value is -2.85. The predicted molar refractivity (Wildman–Crippen MR) is 104 cm³/mol. The van der Waals surface area contributed by atoms with Crippen molar-refractivity contribution in [1.82, 2.24) is 4.98 Å². The molecule has 0 radical (unpaired) electrons. The standard InChI is InChI=1S/C21H16N2OS/c1-2-4-15-11-16(6-5-14(15)3-1)19-13-25-21(23-19)17-7-8-20-18(12-17)22-9-10-24-20/h1-8,11-13,22H,9-10H2. The van der Waals surface area contributed by atoms with E-state index in [1.54, 1.807) is 11.3 Å². The van der Waals surface area contributed by atoms with Gasteiger partial charge in [0, 0.05) is 23.1 Å². The first-order valence-corrected chi connectivity index (χ1v) is 9.21. The Kier molecular flexibility index (Phi) is 3.42. The van der Waals surface area contributed by atoms with Crippen LogP contribution in [0.2, 0.25) is 0 Å². The van der Waals surface area contributed by atoms with Gasteiger partial charge in [0.1, 0.15) is 17.4 Å². The van der Waals surface area contributed by atoms with Gasteiger partial charge in [-0.15, -0.1) is 11.3 Å². The Morgan fingerprint density at radius 2 is 1.80 bits per heavy atom. The number of benzene rings is 3. The van der Waals surface area contributed by atoms with Crippen LogP contribution in [0, 0.1) is 0 Å². The van der Waals surface area contributed by atoms with Gasteiger partial charge in [-0.05, 0) is 35.0 Å². The van der Waals surface area contributed by atoms with E-state index in [1.807, 2.05) is 6.07 Å². The first-order valence-electron chi connectivity index (χ1n) is 8.33. The summed E-state index contributed by atoms with van der Waals surface area (Å²) in [6.45, 7) is 1.56. The van der Waals surface area contributed by atoms with Crippen molar-refractivity contribution in [3.63, 3.8) is 0 Å². The van der Waals surface area contributed by atoms with E-state index < -0.39 is 0 Å². The molecule has 0 atom stereocenters. The van der Waals surface area contributed by atoms with Crippen LogP contribution in [0.4, 0.5) is 5.69 Å². The Labute approximate surface area is 149 Å². The van der Waals surface area contributed by atoms with Crippen LogP contribution in [0.1, 0.15) is 0 Å². The molecule has 0 bridgehead atoms. The van der Waals surface area contributed by atoms with Crippen molar-refractivity contribution in [2.45, 2.75) is 0 Å². The predicted octanol–water partition coefficient (Wildman–Crippen LogP) is 5.43. The Bertz CT molecular complexity index is 1070. The van der Waals surface area contributed by atoms with E-state index >= 15 is 0 Å². The number of ether oxygens (including phenoxy) is 1. The van der Waals surface area contributed by atoms with Crippen molar-refractivity contribution < 1.29 is 4.74 Å². The first kappa shape index (κ1) is 14.5. The highest BCUT2D eigenvalue weighted by Gasteiger charge is 2.13. The number of hydrogen-bond donors (Lipinski definition) is 1. The van der Waals surface area contributed by atoms with E-state index in [2.05, 4.69) is 65.3 Å². The summed E-state index contributed by atoms with van der Waals surface area (Å²) in [4.78, 5) is 4.86. The van der Waals surface area contributed by atoms with E-state index in [4.69, 9.17) is 9.72 Å². The van der Waals surface area contributed by atoms with Gasteiger partial charge in [-0.2, -0.15) is 0 Å². The minimum absolute atomic E-state index is 0.718. The van der Waals surface area contributed by atoms with Gasteiger partial charge in [-0.1, -0.05) is 36.4 Å². The third-order valence-electron chi connectivity index (χ3n) is 4.45. The van der Waals surface area contributed by atoms with E-state index in [0.29, 0.717) is 0 Å². The lowest BCUT2D eigenvalue weighted by molar-refractivity contribution is 0.323. The molecule has 1 aliphatic heterocycles. The van der Waals surface area contributed by atoms with E-state index in [9.17, 15) is 0 Å². The lowest BCUT2D eigenvalue weighted by atomic mass is 10.1. The molecule has 0 saturated heterocycles. The number of nitrogens with zero attached hydrogens (tertiary/aromatic N) is 1. The maximum absolute atomic E-state index is 5.65. The molecule has 4 aromatic rings. The number of rotatable bonds is 2. The van der Waals surface area contributed by atoms with Crippen molar-refractivity contribution >= 4 is 27.8 Å². The molecule has 1 aromatic heterocycles. The molecule has 0 fully saturated rings. The monoisotopic (exact) mass is 344 g/mol. The second kappa shape index (κ2) is 5.90. The minimum Gasteiger partial charge on any atom is -0.490 e. The number of thiazole rings is 1. The molecular formula is C21H16N2OS. The fourth-order valence-corrected chi connectivity index (χ4v) is 3.99. The van der Waals surface area contributed by atoms with Gasteiger partial charge in [0.25, 0.3) is 0 Å². The van der Waals surface area contributed by atoms with Crippen molar-refractivity contribution in [2.75, 3.05) is 18.5 Å². The van der Waals surface area contributed by atoms with Crippen molar-refractivity contribution in [3.8, 4) is 27.6 Å². The fraction of sp³-hybridized carbons (Fsp3) is 0.0952. The summed E-state index contributed by atoms with van der Waals surface area (Å²) in [5.74, 6) is 0.918. The summed E-state index contributed by atoms with van der Waals surface area (Å²) in [6.07, 6.45) is 0. The molecule has 0 spiro atoms. The third-order valence-corrected chi connectivity index (χ3v) is 5.34. The lowest BCUT2D eigenvalue weighted by Crippen LogP contribution is -2.17. The highest BCUT2D eigenvalue weighted by molar-refractivity contribution is 7.13. The maximum Gasteiger partial charge on any atom is 0.142 e. The topological polar surface area (TPSA) is 34.1 Å². The Morgan fingerprint density at radius 3 is 2.76 bits per heavy atom. The van der Waals surface area contributed by atoms with Crippen molar-refractivity contribution in [1.29, 1.82) is 0 Å². The van der Waals surface area contributed by atoms with Gasteiger partial charge in [0.2, 0.25) is 0 Å². The van der Waals surface area contributed by atoms with Gasteiger partial charge in [-0.25, -0.2) is 4.98 Å². The van der Waals surface area contributed by atoms with Crippen LogP contribution in [-0.4, -0.2) is 18.1 Å². The normalized spacial score (nSPS) is 13.1. The molecule has 0 amide bonds. The van der Waals surface area contributed by atoms with Gasteiger partial charge in [0.05, 0.1) is 11.4 Å². The molecule has 0 unspecified atom stereocenters. The Balaban J connectivity index is 1.52. The van der Waals surface area contributed by atoms with Crippen LogP contribution in [0.15, 0.2) is 66.0 Å². The van der Waals surface area contributed by atoms with Crippen LogP contribution >= 0.6 is 11.3 Å². The fourth-order valence-electron chi connectivity index (χ4n) is 3.16. The molecule has 2 heterocycles. The second-order valence-electron chi connectivity index (χ2n) is 6.09. The van der Waals surface area contributed by atoms with Gasteiger partial charge < -0.3 is 10.1 Å². The number of aromatic nitrogens is 1. The summed E-state index contributed by atoms with van der Waals surface area (Å²) in [5.41, 5.74) is 4.34. The molecule has 0 aliphatic carbocycles. The molecule has 4 heteroatoms. The van der Waals surface area contributed by atoms with Gasteiger partial charge >= 0.3 is 0 Å². The average molecular weight is 344 g/mol. The van der Waals surface area contributed by atoms with E-state index in [-0.39, 0.29) is 0 Å². The summed E-state index contributed by atoms with van der Waals surface area (Å²) >= 11 is 1.67. The summed E-state index contributed by atoms with van der Waals surface area (Å²) in [6, 6.07) is 21.1. The molecular weight excluding hydrogens is 328 g/mol. The molecule has 25 heavy (non-hydrogen) atoms. The van der Waals surface area contributed by atoms with E-state index in [0.717, 1.165) is 46.4 Å². The highest BCUT2D eigenvalue weighted by atomic mass is 32.1. The minimum atomic E-state index is 0.718. The number of hydrogen-bond acceptors (Lipinski definition) is 4. The summed E-state index contributed by atoms with van der Waals surface area (Å²) in [7, 11) is 0. The van der Waals surface area contributed by atoms with E-state index in [1.165, 1.54) is 10.8 Å². The van der Waals surface area contributed by atoms with Crippen LogP contribution < -0.4 is 10.1 Å². The molecule has 5 rings (SSSR count). The van der Waals surface area contributed by atoms with Gasteiger partial charge in [-0.3, -0.25) is 0 Å². The maximum atomic E-state index is 5.65. The average Bonchev–Trinajstić information content (AvgIpc) is 3.17. The molecule has 3 aromatic carbocycles. The zero-order chi connectivity index (χ0) is 16.6. The molecule has 3 nitrogen and oxygen atoms in total. The van der Waals surface area contributed by atoms with Crippen LogP contribution in [0.3, 0.4) is 0 Å².